The van der Waals surface area contributed by atoms with Crippen LogP contribution in [0.5, 0.6) is 0 Å². The topological polar surface area (TPSA) is 105 Å². The molecule has 1 aromatic carbocycles. The first kappa shape index (κ1) is 15.5. The van der Waals surface area contributed by atoms with Crippen molar-refractivity contribution < 1.29 is 4.79 Å². The number of fused-ring (bicyclic) bond motifs is 2. The maximum absolute atomic E-state index is 12.6. The molecule has 0 fully saturated rings. The molecule has 0 aliphatic rings. The van der Waals surface area contributed by atoms with Crippen LogP contribution in [0, 0.1) is 20.8 Å². The van der Waals surface area contributed by atoms with E-state index in [1.807, 2.05) is 6.92 Å². The Balaban J connectivity index is 1.74. The molecule has 0 saturated carbocycles. The molecule has 0 atom stereocenters. The van der Waals surface area contributed by atoms with Crippen LogP contribution in [0.15, 0.2) is 23.0 Å². The molecule has 0 saturated heterocycles. The summed E-state index contributed by atoms with van der Waals surface area (Å²) >= 11 is 1.52. The zero-order valence-corrected chi connectivity index (χ0v) is 14.6. The van der Waals surface area contributed by atoms with Crippen LogP contribution in [0.25, 0.3) is 16.0 Å². The lowest BCUT2D eigenvalue weighted by atomic mass is 10.2. The van der Waals surface area contributed by atoms with Crippen LogP contribution in [0.1, 0.15) is 26.9 Å². The van der Waals surface area contributed by atoms with E-state index in [4.69, 9.17) is 0 Å². The molecular formula is C16H14N6O2S. The van der Waals surface area contributed by atoms with Gasteiger partial charge in [0.15, 0.2) is 0 Å². The molecular weight excluding hydrogens is 340 g/mol. The molecule has 3 aromatic heterocycles. The van der Waals surface area contributed by atoms with Gasteiger partial charge in [0, 0.05) is 5.56 Å². The number of H-pyrrole nitrogens is 1. The van der Waals surface area contributed by atoms with Crippen molar-refractivity contribution >= 4 is 38.9 Å². The molecule has 0 radical (unpaired) electrons. The normalized spacial score (nSPS) is 11.3. The number of aryl methyl sites for hydroxylation is 3. The van der Waals surface area contributed by atoms with E-state index in [0.29, 0.717) is 17.1 Å². The molecule has 0 unspecified atom stereocenters. The largest absolute Gasteiger partial charge is 0.316 e. The van der Waals surface area contributed by atoms with Gasteiger partial charge in [0.05, 0.1) is 20.9 Å². The molecule has 4 aromatic rings. The van der Waals surface area contributed by atoms with Crippen molar-refractivity contribution in [2.24, 2.45) is 0 Å². The molecule has 25 heavy (non-hydrogen) atoms. The molecule has 3 heterocycles. The number of nitrogens with zero attached hydrogens (tertiary/aromatic N) is 4. The van der Waals surface area contributed by atoms with Gasteiger partial charge in [0.25, 0.3) is 17.2 Å². The Bertz CT molecular complexity index is 1200. The zero-order valence-electron chi connectivity index (χ0n) is 13.7. The third-order valence-electron chi connectivity index (χ3n) is 3.78. The Kier molecular flexibility index (Phi) is 3.39. The van der Waals surface area contributed by atoms with Gasteiger partial charge in [0.1, 0.15) is 11.5 Å². The van der Waals surface area contributed by atoms with Crippen molar-refractivity contribution in [2.45, 2.75) is 20.8 Å². The number of benzene rings is 1. The highest BCUT2D eigenvalue weighted by atomic mass is 32.1. The number of aromatic nitrogens is 5. The molecule has 8 nitrogen and oxygen atoms in total. The molecule has 2 N–H and O–H groups in total. The second-order valence-electron chi connectivity index (χ2n) is 5.69. The number of hydrogen-bond donors (Lipinski definition) is 2. The molecule has 1 amide bonds. The summed E-state index contributed by atoms with van der Waals surface area (Å²) < 4.78 is 2.14. The Hall–Kier alpha value is -3.07. The third-order valence-corrected chi connectivity index (χ3v) is 4.72. The summed E-state index contributed by atoms with van der Waals surface area (Å²) in [6, 6.07) is 5.26. The fourth-order valence-electron chi connectivity index (χ4n) is 2.64. The third kappa shape index (κ3) is 2.58. The number of hydrogen-bond acceptors (Lipinski definition) is 6. The van der Waals surface area contributed by atoms with Crippen LogP contribution in [0.4, 0.5) is 5.69 Å². The summed E-state index contributed by atoms with van der Waals surface area (Å²) in [7, 11) is 0. The first-order chi connectivity index (χ1) is 11.9. The Morgan fingerprint density at radius 3 is 2.80 bits per heavy atom. The van der Waals surface area contributed by atoms with Crippen molar-refractivity contribution in [1.29, 1.82) is 0 Å². The van der Waals surface area contributed by atoms with Gasteiger partial charge in [-0.3, -0.25) is 14.7 Å². The average molecular weight is 354 g/mol. The molecule has 0 aliphatic carbocycles. The monoisotopic (exact) mass is 354 g/mol. The van der Waals surface area contributed by atoms with E-state index in [9.17, 15) is 9.59 Å². The second-order valence-corrected chi connectivity index (χ2v) is 6.93. The molecule has 4 rings (SSSR count). The predicted octanol–water partition coefficient (Wildman–Crippen LogP) is 2.20. The van der Waals surface area contributed by atoms with E-state index >= 15 is 0 Å². The quantitative estimate of drug-likeness (QED) is 0.574. The van der Waals surface area contributed by atoms with Gasteiger partial charge in [-0.05, 0) is 39.0 Å². The minimum Gasteiger partial charge on any atom is -0.316 e. The van der Waals surface area contributed by atoms with Crippen LogP contribution in [0.2, 0.25) is 0 Å². The predicted molar refractivity (Wildman–Crippen MR) is 95.4 cm³/mol. The highest BCUT2D eigenvalue weighted by Crippen LogP contribution is 2.23. The smallest absolute Gasteiger partial charge is 0.298 e. The van der Waals surface area contributed by atoms with Gasteiger partial charge in [0.2, 0.25) is 0 Å². The van der Waals surface area contributed by atoms with Gasteiger partial charge >= 0.3 is 0 Å². The van der Waals surface area contributed by atoms with Crippen molar-refractivity contribution in [3.63, 3.8) is 0 Å². The Labute approximate surface area is 145 Å². The molecule has 0 spiro atoms. The lowest BCUT2D eigenvalue weighted by Gasteiger charge is -2.07. The number of anilines is 1. The van der Waals surface area contributed by atoms with E-state index in [2.05, 4.69) is 25.4 Å². The van der Waals surface area contributed by atoms with Crippen molar-refractivity contribution in [3.05, 3.63) is 50.6 Å². The number of carbonyl (C=O) groups is 1. The number of carbonyl (C=O) groups excluding carboxylic acids is 1. The Morgan fingerprint density at radius 2 is 2.00 bits per heavy atom. The van der Waals surface area contributed by atoms with Crippen LogP contribution in [-0.2, 0) is 0 Å². The second kappa shape index (κ2) is 5.49. The minimum atomic E-state index is -0.397. The van der Waals surface area contributed by atoms with E-state index in [1.165, 1.54) is 15.9 Å². The summed E-state index contributed by atoms with van der Waals surface area (Å²) in [4.78, 5) is 37.9. The van der Waals surface area contributed by atoms with Crippen LogP contribution < -0.4 is 10.9 Å². The van der Waals surface area contributed by atoms with E-state index in [0.717, 1.165) is 15.2 Å². The summed E-state index contributed by atoms with van der Waals surface area (Å²) in [6.07, 6.45) is 0. The van der Waals surface area contributed by atoms with Crippen LogP contribution in [-0.4, -0.2) is 30.5 Å². The van der Waals surface area contributed by atoms with Gasteiger partial charge < -0.3 is 5.32 Å². The van der Waals surface area contributed by atoms with Crippen molar-refractivity contribution in [1.82, 2.24) is 24.6 Å². The fourth-order valence-corrected chi connectivity index (χ4v) is 3.50. The lowest BCUT2D eigenvalue weighted by molar-refractivity contribution is 0.102. The first-order valence-corrected chi connectivity index (χ1v) is 8.38. The van der Waals surface area contributed by atoms with Gasteiger partial charge in [-0.15, -0.1) is 11.3 Å². The minimum absolute atomic E-state index is 0.131. The van der Waals surface area contributed by atoms with Gasteiger partial charge in [-0.25, -0.2) is 9.97 Å². The fraction of sp³-hybridized carbons (Fsp3) is 0.188. The summed E-state index contributed by atoms with van der Waals surface area (Å²) in [6.45, 7) is 5.31. The van der Waals surface area contributed by atoms with E-state index in [-0.39, 0.29) is 17.4 Å². The number of amides is 1. The van der Waals surface area contributed by atoms with Crippen molar-refractivity contribution in [2.75, 3.05) is 5.32 Å². The highest BCUT2D eigenvalue weighted by Gasteiger charge is 2.16. The van der Waals surface area contributed by atoms with E-state index in [1.54, 1.807) is 32.0 Å². The number of aromatic amines is 1. The lowest BCUT2D eigenvalue weighted by Crippen LogP contribution is -2.25. The highest BCUT2D eigenvalue weighted by molar-refractivity contribution is 7.18. The van der Waals surface area contributed by atoms with Crippen molar-refractivity contribution in [3.8, 4) is 0 Å². The Morgan fingerprint density at radius 1 is 1.20 bits per heavy atom. The van der Waals surface area contributed by atoms with Gasteiger partial charge in [-0.2, -0.15) is 9.50 Å². The first-order valence-electron chi connectivity index (χ1n) is 7.57. The number of thiazole rings is 1. The van der Waals surface area contributed by atoms with Crippen LogP contribution in [0.3, 0.4) is 0 Å². The number of nitrogens with one attached hydrogen (secondary N) is 2. The SMILES string of the molecule is Cc1nc2nc(C)c(NC(=O)c3ccc4nc(C)sc4c3)c(=O)n2[nH]1. The maximum Gasteiger partial charge on any atom is 0.298 e. The molecule has 9 heteroatoms. The average Bonchev–Trinajstić information content (AvgIpc) is 3.11. The summed E-state index contributed by atoms with van der Waals surface area (Å²) in [5.74, 6) is 0.476. The summed E-state index contributed by atoms with van der Waals surface area (Å²) in [5, 5.41) is 6.41. The molecule has 0 aliphatic heterocycles. The summed E-state index contributed by atoms with van der Waals surface area (Å²) in [5.41, 5.74) is 1.46. The zero-order chi connectivity index (χ0) is 17.7. The molecule has 126 valence electrons. The maximum atomic E-state index is 12.6. The standard InChI is InChI=1S/C16H14N6O2S/c1-7-13(15(24)22-16(17-7)18-8(2)21-22)20-14(23)10-4-5-11-12(6-10)25-9(3)19-11/h4-6H,1-3H3,(H,20,23)(H,17,18,21). The number of rotatable bonds is 2. The van der Waals surface area contributed by atoms with E-state index < -0.39 is 5.56 Å². The van der Waals surface area contributed by atoms with Crippen LogP contribution >= 0.6 is 11.3 Å². The molecule has 0 bridgehead atoms. The van der Waals surface area contributed by atoms with Gasteiger partial charge in [-0.1, -0.05) is 0 Å².